The minimum atomic E-state index is 0.0754. The number of likely N-dealkylation sites (tertiary alicyclic amines) is 1. The molecule has 2 aliphatic rings. The molecule has 2 saturated heterocycles. The van der Waals surface area contributed by atoms with Crippen molar-refractivity contribution >= 4 is 11.6 Å². The van der Waals surface area contributed by atoms with E-state index in [1.165, 1.54) is 0 Å². The Morgan fingerprint density at radius 3 is 3.08 bits per heavy atom. The van der Waals surface area contributed by atoms with Crippen LogP contribution in [0.2, 0.25) is 0 Å². The lowest BCUT2D eigenvalue weighted by Crippen LogP contribution is -2.48. The Kier molecular flexibility index (Phi) is 4.94. The third-order valence-corrected chi connectivity index (χ3v) is 5.34. The van der Waals surface area contributed by atoms with Gasteiger partial charge in [-0.05, 0) is 38.3 Å². The van der Waals surface area contributed by atoms with Crippen LogP contribution in [0.15, 0.2) is 24.7 Å². The van der Waals surface area contributed by atoms with E-state index in [1.54, 1.807) is 16.9 Å². The van der Waals surface area contributed by atoms with Crippen LogP contribution in [0.4, 0.5) is 0 Å². The number of hydrogen-bond donors (Lipinski definition) is 1. The number of fused-ring (bicyclic) bond motifs is 1. The number of carbonyl (C=O) groups excluding carboxylic acids is 1. The largest absolute Gasteiger partial charge is 0.381 e. The summed E-state index contributed by atoms with van der Waals surface area (Å²) >= 11 is 0. The van der Waals surface area contributed by atoms with Gasteiger partial charge in [0.05, 0.1) is 12.1 Å². The second kappa shape index (κ2) is 7.49. The topological polar surface area (TPSA) is 71.8 Å². The molecule has 2 fully saturated rings. The van der Waals surface area contributed by atoms with Crippen molar-refractivity contribution in [2.75, 3.05) is 26.3 Å². The van der Waals surface area contributed by atoms with Crippen LogP contribution in [-0.2, 0) is 16.1 Å². The molecule has 0 aromatic carbocycles. The molecule has 4 rings (SSSR count). The Labute approximate surface area is 147 Å². The molecule has 0 bridgehead atoms. The predicted octanol–water partition coefficient (Wildman–Crippen LogP) is 1.24. The third kappa shape index (κ3) is 3.67. The molecule has 0 saturated carbocycles. The number of carbonyl (C=O) groups is 1. The van der Waals surface area contributed by atoms with Gasteiger partial charge in [-0.3, -0.25) is 9.69 Å². The fourth-order valence-corrected chi connectivity index (χ4v) is 3.93. The van der Waals surface area contributed by atoms with Crippen molar-refractivity contribution < 1.29 is 9.53 Å². The molecule has 2 aromatic rings. The first-order valence-electron chi connectivity index (χ1n) is 9.18. The number of nitrogens with one attached hydrogen (secondary N) is 1. The predicted molar refractivity (Wildman–Crippen MR) is 93.0 cm³/mol. The molecule has 1 atom stereocenters. The fraction of sp³-hybridized carbons (Fsp3) is 0.611. The molecule has 2 aliphatic heterocycles. The summed E-state index contributed by atoms with van der Waals surface area (Å²) in [4.78, 5) is 19.5. The smallest absolute Gasteiger partial charge is 0.224 e. The number of nitrogens with zero attached hydrogens (tertiary/aromatic N) is 4. The van der Waals surface area contributed by atoms with Crippen molar-refractivity contribution in [3.8, 4) is 0 Å². The number of ether oxygens (including phenoxy) is 1. The number of aromatic nitrogens is 3. The molecule has 1 N–H and O–H groups in total. The van der Waals surface area contributed by atoms with Crippen LogP contribution in [0.3, 0.4) is 0 Å². The maximum absolute atomic E-state index is 12.6. The van der Waals surface area contributed by atoms with Crippen LogP contribution < -0.4 is 5.32 Å². The molecular weight excluding hydrogens is 318 g/mol. The van der Waals surface area contributed by atoms with Gasteiger partial charge in [0.15, 0.2) is 5.65 Å². The Bertz CT molecular complexity index is 725. The first kappa shape index (κ1) is 16.5. The third-order valence-electron chi connectivity index (χ3n) is 5.34. The SMILES string of the molecule is O=C(NCc1cnn2cccnc12)C1CCCN(C2CCOCC2)C1. The van der Waals surface area contributed by atoms with Crippen LogP contribution in [0.5, 0.6) is 0 Å². The molecule has 0 radical (unpaired) electrons. The summed E-state index contributed by atoms with van der Waals surface area (Å²) < 4.78 is 7.19. The van der Waals surface area contributed by atoms with Gasteiger partial charge in [-0.2, -0.15) is 5.10 Å². The summed E-state index contributed by atoms with van der Waals surface area (Å²) in [7, 11) is 0. The molecule has 7 nitrogen and oxygen atoms in total. The molecule has 7 heteroatoms. The molecule has 134 valence electrons. The monoisotopic (exact) mass is 343 g/mol. The van der Waals surface area contributed by atoms with Crippen molar-refractivity contribution in [3.63, 3.8) is 0 Å². The molecule has 0 aliphatic carbocycles. The van der Waals surface area contributed by atoms with Gasteiger partial charge in [0.2, 0.25) is 5.91 Å². The zero-order valence-corrected chi connectivity index (χ0v) is 14.4. The molecule has 4 heterocycles. The van der Waals surface area contributed by atoms with Crippen molar-refractivity contribution in [1.29, 1.82) is 0 Å². The number of amides is 1. The van der Waals surface area contributed by atoms with Gasteiger partial charge in [0, 0.05) is 50.3 Å². The average Bonchev–Trinajstić information content (AvgIpc) is 3.10. The maximum Gasteiger partial charge on any atom is 0.224 e. The molecule has 1 amide bonds. The first-order valence-corrected chi connectivity index (χ1v) is 9.18. The Hall–Kier alpha value is -1.99. The second-order valence-corrected chi connectivity index (χ2v) is 6.95. The molecular formula is C18H25N5O2. The lowest BCUT2D eigenvalue weighted by atomic mass is 9.94. The van der Waals surface area contributed by atoms with Crippen molar-refractivity contribution in [2.24, 2.45) is 5.92 Å². The summed E-state index contributed by atoms with van der Waals surface area (Å²) in [6.45, 7) is 4.14. The molecule has 1 unspecified atom stereocenters. The van der Waals surface area contributed by atoms with E-state index in [9.17, 15) is 4.79 Å². The van der Waals surface area contributed by atoms with E-state index in [0.717, 1.165) is 63.2 Å². The highest BCUT2D eigenvalue weighted by atomic mass is 16.5. The minimum absolute atomic E-state index is 0.0754. The summed E-state index contributed by atoms with van der Waals surface area (Å²) in [6, 6.07) is 2.42. The lowest BCUT2D eigenvalue weighted by molar-refractivity contribution is -0.127. The highest BCUT2D eigenvalue weighted by Gasteiger charge is 2.30. The van der Waals surface area contributed by atoms with Gasteiger partial charge in [0.25, 0.3) is 0 Å². The van der Waals surface area contributed by atoms with Crippen molar-refractivity contribution in [2.45, 2.75) is 38.3 Å². The van der Waals surface area contributed by atoms with E-state index >= 15 is 0 Å². The standard InChI is InChI=1S/C18H25N5O2/c24-18(20-11-15-12-21-23-8-2-6-19-17(15)23)14-3-1-7-22(13-14)16-4-9-25-10-5-16/h2,6,8,12,14,16H,1,3-5,7,9-11,13H2,(H,20,24). The van der Waals surface area contributed by atoms with Gasteiger partial charge in [-0.1, -0.05) is 0 Å². The van der Waals surface area contributed by atoms with Gasteiger partial charge in [0.1, 0.15) is 0 Å². The van der Waals surface area contributed by atoms with Gasteiger partial charge < -0.3 is 10.1 Å². The van der Waals surface area contributed by atoms with Crippen molar-refractivity contribution in [3.05, 3.63) is 30.2 Å². The van der Waals surface area contributed by atoms with Gasteiger partial charge in [-0.15, -0.1) is 0 Å². The Morgan fingerprint density at radius 1 is 1.32 bits per heavy atom. The fourth-order valence-electron chi connectivity index (χ4n) is 3.93. The summed E-state index contributed by atoms with van der Waals surface area (Å²) in [5.41, 5.74) is 1.75. The highest BCUT2D eigenvalue weighted by Crippen LogP contribution is 2.23. The Balaban J connectivity index is 1.34. The number of rotatable bonds is 4. The molecule has 25 heavy (non-hydrogen) atoms. The second-order valence-electron chi connectivity index (χ2n) is 6.95. The molecule has 0 spiro atoms. The van der Waals surface area contributed by atoms with Gasteiger partial charge >= 0.3 is 0 Å². The van der Waals surface area contributed by atoms with Crippen LogP contribution in [0, 0.1) is 5.92 Å². The van der Waals surface area contributed by atoms with Crippen molar-refractivity contribution in [1.82, 2.24) is 24.8 Å². The van der Waals surface area contributed by atoms with E-state index in [4.69, 9.17) is 4.74 Å². The number of hydrogen-bond acceptors (Lipinski definition) is 5. The lowest BCUT2D eigenvalue weighted by Gasteiger charge is -2.39. The van der Waals surface area contributed by atoms with E-state index in [2.05, 4.69) is 20.3 Å². The first-order chi connectivity index (χ1) is 12.3. The summed E-state index contributed by atoms with van der Waals surface area (Å²) in [5.74, 6) is 0.221. The maximum atomic E-state index is 12.6. The van der Waals surface area contributed by atoms with Crippen LogP contribution in [-0.4, -0.2) is 57.8 Å². The van der Waals surface area contributed by atoms with E-state index < -0.39 is 0 Å². The molecule has 2 aromatic heterocycles. The minimum Gasteiger partial charge on any atom is -0.381 e. The summed E-state index contributed by atoms with van der Waals surface area (Å²) in [5, 5.41) is 7.35. The zero-order valence-electron chi connectivity index (χ0n) is 14.4. The zero-order chi connectivity index (χ0) is 17.1. The quantitative estimate of drug-likeness (QED) is 0.904. The van der Waals surface area contributed by atoms with E-state index in [1.807, 2.05) is 12.3 Å². The summed E-state index contributed by atoms with van der Waals surface area (Å²) in [6.07, 6.45) is 9.62. The normalized spacial score (nSPS) is 23.0. The van der Waals surface area contributed by atoms with E-state index in [-0.39, 0.29) is 11.8 Å². The van der Waals surface area contributed by atoms with Crippen LogP contribution >= 0.6 is 0 Å². The van der Waals surface area contributed by atoms with Crippen LogP contribution in [0.25, 0.3) is 5.65 Å². The Morgan fingerprint density at radius 2 is 2.20 bits per heavy atom. The van der Waals surface area contributed by atoms with Crippen LogP contribution in [0.1, 0.15) is 31.2 Å². The van der Waals surface area contributed by atoms with E-state index in [0.29, 0.717) is 12.6 Å². The highest BCUT2D eigenvalue weighted by molar-refractivity contribution is 5.79. The van der Waals surface area contributed by atoms with Gasteiger partial charge in [-0.25, -0.2) is 9.50 Å². The average molecular weight is 343 g/mol. The number of piperidine rings is 1.